The van der Waals surface area contributed by atoms with Crippen LogP contribution in [0.5, 0.6) is 5.75 Å². The summed E-state index contributed by atoms with van der Waals surface area (Å²) in [6.45, 7) is 3.38. The Bertz CT molecular complexity index is 754. The quantitative estimate of drug-likeness (QED) is 0.621. The van der Waals surface area contributed by atoms with Gasteiger partial charge >= 0.3 is 0 Å². The Hall–Kier alpha value is -2.89. The predicted molar refractivity (Wildman–Crippen MR) is 92.5 cm³/mol. The summed E-state index contributed by atoms with van der Waals surface area (Å²) in [5, 5.41) is 11.3. The summed E-state index contributed by atoms with van der Waals surface area (Å²) < 4.78 is 5.11. The molecule has 2 aromatic rings. The number of anilines is 1. The Morgan fingerprint density at radius 1 is 1.12 bits per heavy atom. The number of nitro groups is 1. The maximum atomic E-state index is 13.0. The van der Waals surface area contributed by atoms with Crippen molar-refractivity contribution in [2.75, 3.05) is 19.1 Å². The monoisotopic (exact) mass is 328 g/mol. The molecule has 0 heterocycles. The molecule has 0 saturated heterocycles. The van der Waals surface area contributed by atoms with Crippen molar-refractivity contribution in [3.63, 3.8) is 0 Å². The molecule has 0 radical (unpaired) electrons. The molecule has 0 aliphatic heterocycles. The van der Waals surface area contributed by atoms with Crippen LogP contribution in [0.2, 0.25) is 0 Å². The lowest BCUT2D eigenvalue weighted by atomic mass is 9.82. The van der Waals surface area contributed by atoms with Crippen molar-refractivity contribution in [1.29, 1.82) is 0 Å². The first kappa shape index (κ1) is 17.5. The number of ether oxygens (including phenoxy) is 1. The van der Waals surface area contributed by atoms with Crippen LogP contribution in [0.4, 0.5) is 11.4 Å². The molecule has 126 valence electrons. The fourth-order valence-electron chi connectivity index (χ4n) is 2.62. The summed E-state index contributed by atoms with van der Waals surface area (Å²) in [6.07, 6.45) is 0. The molecule has 0 aromatic heterocycles. The molecular formula is C18H20N2O4. The first-order valence-corrected chi connectivity index (χ1v) is 7.45. The van der Waals surface area contributed by atoms with E-state index < -0.39 is 10.3 Å². The van der Waals surface area contributed by atoms with Crippen LogP contribution in [0.15, 0.2) is 48.5 Å². The SMILES string of the molecule is COc1ccc(N(C)C(=O)C(C)(C)c2ccccc2[N+](=O)[O-])cc1. The van der Waals surface area contributed by atoms with Gasteiger partial charge in [-0.05, 0) is 38.1 Å². The predicted octanol–water partition coefficient (Wildman–Crippen LogP) is 3.54. The molecule has 0 atom stereocenters. The molecule has 0 N–H and O–H groups in total. The summed E-state index contributed by atoms with van der Waals surface area (Å²) in [5.74, 6) is 0.458. The van der Waals surface area contributed by atoms with Gasteiger partial charge in [0.15, 0.2) is 0 Å². The van der Waals surface area contributed by atoms with E-state index >= 15 is 0 Å². The number of rotatable bonds is 5. The van der Waals surface area contributed by atoms with Crippen molar-refractivity contribution < 1.29 is 14.5 Å². The molecule has 6 heteroatoms. The van der Waals surface area contributed by atoms with Gasteiger partial charge in [0.2, 0.25) is 5.91 Å². The summed E-state index contributed by atoms with van der Waals surface area (Å²) in [4.78, 5) is 25.3. The number of nitrogens with zero attached hydrogens (tertiary/aromatic N) is 2. The van der Waals surface area contributed by atoms with Gasteiger partial charge in [-0.1, -0.05) is 18.2 Å². The van der Waals surface area contributed by atoms with Crippen LogP contribution in [0.3, 0.4) is 0 Å². The molecule has 2 aromatic carbocycles. The number of hydrogen-bond acceptors (Lipinski definition) is 4. The molecule has 6 nitrogen and oxygen atoms in total. The smallest absolute Gasteiger partial charge is 0.273 e. The van der Waals surface area contributed by atoms with Crippen molar-refractivity contribution in [1.82, 2.24) is 0 Å². The van der Waals surface area contributed by atoms with Crippen LogP contribution >= 0.6 is 0 Å². The molecule has 0 unspecified atom stereocenters. The highest BCUT2D eigenvalue weighted by Gasteiger charge is 2.37. The van der Waals surface area contributed by atoms with Gasteiger partial charge in [0.25, 0.3) is 5.69 Å². The van der Waals surface area contributed by atoms with E-state index in [-0.39, 0.29) is 11.6 Å². The molecule has 0 saturated carbocycles. The summed E-state index contributed by atoms with van der Waals surface area (Å²) in [5.41, 5.74) is -0.0231. The Balaban J connectivity index is 2.37. The minimum atomic E-state index is -1.04. The molecule has 0 bridgehead atoms. The lowest BCUT2D eigenvalue weighted by molar-refractivity contribution is -0.385. The molecule has 0 spiro atoms. The zero-order valence-corrected chi connectivity index (χ0v) is 14.1. The van der Waals surface area contributed by atoms with E-state index in [0.29, 0.717) is 17.0 Å². The standard InChI is InChI=1S/C18H20N2O4/c1-18(2,15-7-5-6-8-16(15)20(22)23)17(21)19(3)13-9-11-14(24-4)12-10-13/h5-12H,1-4H3. The Morgan fingerprint density at radius 3 is 2.25 bits per heavy atom. The fourth-order valence-corrected chi connectivity index (χ4v) is 2.62. The van der Waals surface area contributed by atoms with Gasteiger partial charge in [-0.25, -0.2) is 0 Å². The first-order valence-electron chi connectivity index (χ1n) is 7.45. The average molecular weight is 328 g/mol. The number of methoxy groups -OCH3 is 1. The second kappa shape index (κ2) is 6.70. The van der Waals surface area contributed by atoms with E-state index in [9.17, 15) is 14.9 Å². The number of benzene rings is 2. The van der Waals surface area contributed by atoms with E-state index in [4.69, 9.17) is 4.74 Å². The van der Waals surface area contributed by atoms with Crippen molar-refractivity contribution in [3.05, 3.63) is 64.2 Å². The topological polar surface area (TPSA) is 72.7 Å². The van der Waals surface area contributed by atoms with Crippen molar-refractivity contribution in [3.8, 4) is 5.75 Å². The van der Waals surface area contributed by atoms with Gasteiger partial charge in [0.1, 0.15) is 5.75 Å². The highest BCUT2D eigenvalue weighted by molar-refractivity contribution is 6.00. The summed E-state index contributed by atoms with van der Waals surface area (Å²) in [6, 6.07) is 13.4. The average Bonchev–Trinajstić information content (AvgIpc) is 2.60. The second-order valence-corrected chi connectivity index (χ2v) is 5.96. The number of amides is 1. The maximum Gasteiger partial charge on any atom is 0.273 e. The van der Waals surface area contributed by atoms with Gasteiger partial charge < -0.3 is 9.64 Å². The number of nitro benzene ring substituents is 1. The third-order valence-electron chi connectivity index (χ3n) is 4.07. The van der Waals surface area contributed by atoms with Crippen LogP contribution in [-0.2, 0) is 10.2 Å². The minimum absolute atomic E-state index is 0.0565. The first-order chi connectivity index (χ1) is 11.3. The molecule has 0 aliphatic carbocycles. The largest absolute Gasteiger partial charge is 0.497 e. The number of carbonyl (C=O) groups excluding carboxylic acids is 1. The fraction of sp³-hybridized carbons (Fsp3) is 0.278. The molecule has 0 fully saturated rings. The molecule has 1 amide bonds. The lowest BCUT2D eigenvalue weighted by Crippen LogP contribution is -2.41. The Labute approximate surface area is 140 Å². The Morgan fingerprint density at radius 2 is 1.71 bits per heavy atom. The van der Waals surface area contributed by atoms with Crippen LogP contribution in [0, 0.1) is 10.1 Å². The maximum absolute atomic E-state index is 13.0. The third-order valence-corrected chi connectivity index (χ3v) is 4.07. The number of hydrogen-bond donors (Lipinski definition) is 0. The number of para-hydroxylation sites is 1. The molecule has 2 rings (SSSR count). The highest BCUT2D eigenvalue weighted by Crippen LogP contribution is 2.34. The van der Waals surface area contributed by atoms with Crippen molar-refractivity contribution in [2.45, 2.75) is 19.3 Å². The lowest BCUT2D eigenvalue weighted by Gasteiger charge is -2.29. The second-order valence-electron chi connectivity index (χ2n) is 5.96. The van der Waals surface area contributed by atoms with Gasteiger partial charge in [-0.15, -0.1) is 0 Å². The molecule has 0 aliphatic rings. The number of likely N-dealkylation sites (N-methyl/N-ethyl adjacent to an activating group) is 1. The highest BCUT2D eigenvalue weighted by atomic mass is 16.6. The van der Waals surface area contributed by atoms with Crippen LogP contribution in [-0.4, -0.2) is 25.0 Å². The molecule has 24 heavy (non-hydrogen) atoms. The van der Waals surface area contributed by atoms with E-state index in [1.807, 2.05) is 0 Å². The van der Waals surface area contributed by atoms with E-state index in [0.717, 1.165) is 0 Å². The van der Waals surface area contributed by atoms with E-state index in [2.05, 4.69) is 0 Å². The third kappa shape index (κ3) is 3.22. The van der Waals surface area contributed by atoms with E-state index in [1.165, 1.54) is 11.0 Å². The van der Waals surface area contributed by atoms with Gasteiger partial charge in [0.05, 0.1) is 17.4 Å². The molecular weight excluding hydrogens is 308 g/mol. The van der Waals surface area contributed by atoms with Gasteiger partial charge in [-0.3, -0.25) is 14.9 Å². The van der Waals surface area contributed by atoms with Gasteiger partial charge in [0, 0.05) is 24.4 Å². The van der Waals surface area contributed by atoms with E-state index in [1.54, 1.807) is 70.5 Å². The summed E-state index contributed by atoms with van der Waals surface area (Å²) in [7, 11) is 3.22. The zero-order chi connectivity index (χ0) is 17.9. The summed E-state index contributed by atoms with van der Waals surface area (Å²) >= 11 is 0. The van der Waals surface area contributed by atoms with Crippen LogP contribution in [0.1, 0.15) is 19.4 Å². The van der Waals surface area contributed by atoms with Crippen molar-refractivity contribution >= 4 is 17.3 Å². The zero-order valence-electron chi connectivity index (χ0n) is 14.1. The van der Waals surface area contributed by atoms with Crippen molar-refractivity contribution in [2.24, 2.45) is 0 Å². The van der Waals surface area contributed by atoms with Crippen LogP contribution < -0.4 is 9.64 Å². The van der Waals surface area contributed by atoms with Gasteiger partial charge in [-0.2, -0.15) is 0 Å². The normalized spacial score (nSPS) is 11.0. The number of carbonyl (C=O) groups is 1. The van der Waals surface area contributed by atoms with Crippen LogP contribution in [0.25, 0.3) is 0 Å². The Kier molecular flexibility index (Phi) is 4.87. The minimum Gasteiger partial charge on any atom is -0.497 e.